The van der Waals surface area contributed by atoms with E-state index < -0.39 is 17.8 Å². The van der Waals surface area contributed by atoms with Crippen molar-refractivity contribution in [2.24, 2.45) is 7.05 Å². The molecule has 10 heteroatoms. The van der Waals surface area contributed by atoms with Gasteiger partial charge in [0.05, 0.1) is 24.2 Å². The number of carbonyl (C=O) groups is 1. The quantitative estimate of drug-likeness (QED) is 0.432. The number of hydrogen-bond donors (Lipinski definition) is 2. The van der Waals surface area contributed by atoms with Gasteiger partial charge in [0.2, 0.25) is 5.88 Å². The maximum atomic E-state index is 13.6. The van der Waals surface area contributed by atoms with Crippen molar-refractivity contribution < 1.29 is 19.0 Å². The van der Waals surface area contributed by atoms with Crippen LogP contribution >= 0.6 is 11.3 Å². The van der Waals surface area contributed by atoms with E-state index in [1.165, 1.54) is 35.1 Å². The van der Waals surface area contributed by atoms with E-state index in [2.05, 4.69) is 10.3 Å². The van der Waals surface area contributed by atoms with E-state index in [0.29, 0.717) is 27.5 Å². The van der Waals surface area contributed by atoms with Crippen LogP contribution in [0.15, 0.2) is 41.3 Å². The molecular formula is C23H21FN4O4S. The van der Waals surface area contributed by atoms with Gasteiger partial charge in [0.25, 0.3) is 5.56 Å². The maximum Gasteiger partial charge on any atom is 0.337 e. The Morgan fingerprint density at radius 2 is 2.06 bits per heavy atom. The average Bonchev–Trinajstić information content (AvgIpc) is 3.13. The molecule has 2 N–H and O–H groups in total. The lowest BCUT2D eigenvalue weighted by Crippen LogP contribution is -2.20. The highest BCUT2D eigenvalue weighted by Gasteiger charge is 2.23. The third-order valence-corrected chi connectivity index (χ3v) is 6.46. The number of benzene rings is 1. The van der Waals surface area contributed by atoms with Crippen molar-refractivity contribution in [3.8, 4) is 17.3 Å². The standard InChI is InChI=1S/C23H21FN4O4S/c1-11(26-16-7-6-14(24)9-15(16)23(30)31)18-12(2)33-20-19(18)27-21(28(3)22(20)29)13-5-8-17(32-4)25-10-13/h5-11,26H,1-4H3,(H,30,31). The molecule has 4 rings (SSSR count). The number of aryl methyl sites for hydroxylation is 1. The first-order chi connectivity index (χ1) is 15.7. The number of nitrogens with zero attached hydrogens (tertiary/aromatic N) is 3. The Labute approximate surface area is 192 Å². The fourth-order valence-corrected chi connectivity index (χ4v) is 4.92. The average molecular weight is 469 g/mol. The number of nitrogens with one attached hydrogen (secondary N) is 1. The number of rotatable bonds is 6. The van der Waals surface area contributed by atoms with Gasteiger partial charge in [-0.1, -0.05) is 0 Å². The Balaban J connectivity index is 1.83. The van der Waals surface area contributed by atoms with Crippen LogP contribution in [0.2, 0.25) is 0 Å². The van der Waals surface area contributed by atoms with Gasteiger partial charge < -0.3 is 15.2 Å². The van der Waals surface area contributed by atoms with E-state index in [1.807, 2.05) is 13.8 Å². The first kappa shape index (κ1) is 22.4. The van der Waals surface area contributed by atoms with Gasteiger partial charge in [0.1, 0.15) is 16.3 Å². The van der Waals surface area contributed by atoms with E-state index in [-0.39, 0.29) is 16.8 Å². The highest BCUT2D eigenvalue weighted by atomic mass is 32.1. The molecule has 0 aliphatic rings. The zero-order valence-corrected chi connectivity index (χ0v) is 19.2. The minimum atomic E-state index is -1.24. The molecule has 1 aromatic carbocycles. The first-order valence-electron chi connectivity index (χ1n) is 10.0. The van der Waals surface area contributed by atoms with Crippen molar-refractivity contribution in [3.63, 3.8) is 0 Å². The van der Waals surface area contributed by atoms with Crippen molar-refractivity contribution in [2.75, 3.05) is 12.4 Å². The molecule has 0 radical (unpaired) electrons. The predicted octanol–water partition coefficient (Wildman–Crippen LogP) is 4.38. The summed E-state index contributed by atoms with van der Waals surface area (Å²) in [7, 11) is 3.18. The van der Waals surface area contributed by atoms with Crippen LogP contribution in [0.4, 0.5) is 10.1 Å². The summed E-state index contributed by atoms with van der Waals surface area (Å²) in [6.45, 7) is 3.73. The van der Waals surface area contributed by atoms with Crippen LogP contribution in [0.3, 0.4) is 0 Å². The molecule has 0 spiro atoms. The van der Waals surface area contributed by atoms with Gasteiger partial charge in [-0.25, -0.2) is 19.2 Å². The molecule has 8 nitrogen and oxygen atoms in total. The molecule has 0 bridgehead atoms. The summed E-state index contributed by atoms with van der Waals surface area (Å²) >= 11 is 1.33. The van der Waals surface area contributed by atoms with E-state index >= 15 is 0 Å². The summed E-state index contributed by atoms with van der Waals surface area (Å²) in [6, 6.07) is 6.63. The van der Waals surface area contributed by atoms with Crippen molar-refractivity contribution in [2.45, 2.75) is 19.9 Å². The maximum absolute atomic E-state index is 13.6. The van der Waals surface area contributed by atoms with Gasteiger partial charge in [-0.15, -0.1) is 11.3 Å². The lowest BCUT2D eigenvalue weighted by atomic mass is 10.1. The summed E-state index contributed by atoms with van der Waals surface area (Å²) in [5.74, 6) is -0.979. The number of ether oxygens (including phenoxy) is 1. The fourth-order valence-electron chi connectivity index (χ4n) is 3.76. The summed E-state index contributed by atoms with van der Waals surface area (Å²) in [6.07, 6.45) is 1.59. The molecule has 1 unspecified atom stereocenters. The number of carboxylic acids is 1. The molecule has 3 aromatic heterocycles. The van der Waals surface area contributed by atoms with E-state index in [4.69, 9.17) is 9.72 Å². The summed E-state index contributed by atoms with van der Waals surface area (Å²) in [4.78, 5) is 34.6. The number of halogens is 1. The predicted molar refractivity (Wildman–Crippen MR) is 125 cm³/mol. The molecule has 3 heterocycles. The van der Waals surface area contributed by atoms with Crippen LogP contribution < -0.4 is 15.6 Å². The van der Waals surface area contributed by atoms with Gasteiger partial charge in [-0.2, -0.15) is 0 Å². The molecule has 0 amide bonds. The number of fused-ring (bicyclic) bond motifs is 1. The van der Waals surface area contributed by atoms with Gasteiger partial charge in [0, 0.05) is 41.0 Å². The molecule has 4 aromatic rings. The van der Waals surface area contributed by atoms with Gasteiger partial charge in [-0.3, -0.25) is 9.36 Å². The third kappa shape index (κ3) is 4.05. The van der Waals surface area contributed by atoms with Gasteiger partial charge in [-0.05, 0) is 38.1 Å². The second-order valence-electron chi connectivity index (χ2n) is 7.50. The van der Waals surface area contributed by atoms with Crippen molar-refractivity contribution >= 4 is 33.2 Å². The molecule has 1 atom stereocenters. The van der Waals surface area contributed by atoms with Crippen molar-refractivity contribution in [1.29, 1.82) is 0 Å². The second kappa shape index (κ2) is 8.62. The number of aromatic nitrogens is 3. The van der Waals surface area contributed by atoms with Crippen molar-refractivity contribution in [1.82, 2.24) is 14.5 Å². The Morgan fingerprint density at radius 1 is 1.30 bits per heavy atom. The smallest absolute Gasteiger partial charge is 0.337 e. The minimum absolute atomic E-state index is 0.173. The molecule has 0 aliphatic carbocycles. The zero-order valence-electron chi connectivity index (χ0n) is 18.3. The molecular weight excluding hydrogens is 447 g/mol. The largest absolute Gasteiger partial charge is 0.481 e. The van der Waals surface area contributed by atoms with Crippen LogP contribution in [0.1, 0.15) is 33.8 Å². The van der Waals surface area contributed by atoms with Gasteiger partial charge in [0.15, 0.2) is 0 Å². The van der Waals surface area contributed by atoms with Gasteiger partial charge >= 0.3 is 5.97 Å². The Kier molecular flexibility index (Phi) is 5.86. The Hall–Kier alpha value is -3.79. The second-order valence-corrected chi connectivity index (χ2v) is 8.72. The summed E-state index contributed by atoms with van der Waals surface area (Å²) in [5.41, 5.74) is 1.87. The normalized spacial score (nSPS) is 12.0. The monoisotopic (exact) mass is 468 g/mol. The fraction of sp³-hybridized carbons (Fsp3) is 0.217. The summed E-state index contributed by atoms with van der Waals surface area (Å²) in [5, 5.41) is 12.6. The zero-order chi connectivity index (χ0) is 23.9. The van der Waals surface area contributed by atoms with Crippen LogP contribution in [-0.4, -0.2) is 32.7 Å². The number of hydrogen-bond acceptors (Lipinski definition) is 7. The third-order valence-electron chi connectivity index (χ3n) is 5.36. The minimum Gasteiger partial charge on any atom is -0.481 e. The number of pyridine rings is 1. The molecule has 0 fully saturated rings. The Bertz CT molecular complexity index is 1430. The first-order valence-corrected chi connectivity index (χ1v) is 10.8. The number of thiophene rings is 1. The molecule has 0 saturated heterocycles. The number of anilines is 1. The number of methoxy groups -OCH3 is 1. The molecule has 0 aliphatic heterocycles. The molecule has 0 saturated carbocycles. The van der Waals surface area contributed by atoms with Crippen molar-refractivity contribution in [3.05, 3.63) is 68.7 Å². The highest BCUT2D eigenvalue weighted by molar-refractivity contribution is 7.19. The lowest BCUT2D eigenvalue weighted by Gasteiger charge is -2.18. The highest BCUT2D eigenvalue weighted by Crippen LogP contribution is 2.35. The van der Waals surface area contributed by atoms with E-state index in [1.54, 1.807) is 25.4 Å². The topological polar surface area (TPSA) is 106 Å². The van der Waals surface area contributed by atoms with Crippen LogP contribution in [0.25, 0.3) is 21.6 Å². The Morgan fingerprint density at radius 3 is 2.70 bits per heavy atom. The van der Waals surface area contributed by atoms with Crippen LogP contribution in [-0.2, 0) is 7.05 Å². The molecule has 170 valence electrons. The van der Waals surface area contributed by atoms with Crippen LogP contribution in [0.5, 0.6) is 5.88 Å². The molecule has 33 heavy (non-hydrogen) atoms. The van der Waals surface area contributed by atoms with E-state index in [9.17, 15) is 19.1 Å². The summed E-state index contributed by atoms with van der Waals surface area (Å²) < 4.78 is 20.7. The lowest BCUT2D eigenvalue weighted by molar-refractivity contribution is 0.0697. The SMILES string of the molecule is COc1ccc(-c2nc3c(C(C)Nc4ccc(F)cc4C(=O)O)c(C)sc3c(=O)n2C)cn1. The number of carboxylic acid groups (broad SMARTS) is 1. The van der Waals surface area contributed by atoms with Crippen LogP contribution in [0, 0.1) is 12.7 Å². The van der Waals surface area contributed by atoms with E-state index in [0.717, 1.165) is 16.5 Å². The number of aromatic carboxylic acids is 1.